The maximum atomic E-state index is 11.3. The number of esters is 1. The van der Waals surface area contributed by atoms with Gasteiger partial charge in [-0.05, 0) is 0 Å². The standard InChI is InChI=1S/C9H18N2O4/c1-10-9(13)11(6-7-14-2)5-4-8(12)15-3/h4-7H2,1-3H3,(H,10,13). The molecule has 0 spiro atoms. The lowest BCUT2D eigenvalue weighted by atomic mass is 10.4. The van der Waals surface area contributed by atoms with E-state index >= 15 is 0 Å². The molecule has 88 valence electrons. The largest absolute Gasteiger partial charge is 0.469 e. The third-order valence-electron chi connectivity index (χ3n) is 1.88. The molecule has 2 amide bonds. The van der Waals surface area contributed by atoms with Gasteiger partial charge in [-0.25, -0.2) is 4.79 Å². The van der Waals surface area contributed by atoms with Gasteiger partial charge in [0.2, 0.25) is 0 Å². The van der Waals surface area contributed by atoms with Crippen molar-refractivity contribution in [2.75, 3.05) is 41.0 Å². The molecule has 0 heterocycles. The van der Waals surface area contributed by atoms with Gasteiger partial charge in [0.05, 0.1) is 20.1 Å². The molecule has 0 saturated heterocycles. The maximum absolute atomic E-state index is 11.3. The molecule has 0 aromatic rings. The van der Waals surface area contributed by atoms with Gasteiger partial charge in [0, 0.05) is 27.2 Å². The molecule has 0 aliphatic carbocycles. The first kappa shape index (κ1) is 13.7. The number of nitrogens with one attached hydrogen (secondary N) is 1. The summed E-state index contributed by atoms with van der Waals surface area (Å²) in [5, 5.41) is 2.50. The van der Waals surface area contributed by atoms with Crippen molar-refractivity contribution < 1.29 is 19.1 Å². The highest BCUT2D eigenvalue weighted by atomic mass is 16.5. The lowest BCUT2D eigenvalue weighted by molar-refractivity contribution is -0.140. The minimum atomic E-state index is -0.332. The minimum Gasteiger partial charge on any atom is -0.469 e. The molecule has 6 heteroatoms. The van der Waals surface area contributed by atoms with Crippen molar-refractivity contribution in [3.05, 3.63) is 0 Å². The van der Waals surface area contributed by atoms with Gasteiger partial charge in [0.25, 0.3) is 0 Å². The number of ether oxygens (including phenoxy) is 2. The highest BCUT2D eigenvalue weighted by Crippen LogP contribution is 1.94. The Kier molecular flexibility index (Phi) is 7.35. The summed E-state index contributed by atoms with van der Waals surface area (Å²) in [4.78, 5) is 23.7. The van der Waals surface area contributed by atoms with Gasteiger partial charge in [-0.3, -0.25) is 4.79 Å². The van der Waals surface area contributed by atoms with E-state index in [4.69, 9.17) is 4.74 Å². The average Bonchev–Trinajstić information content (AvgIpc) is 2.27. The molecule has 0 saturated carbocycles. The van der Waals surface area contributed by atoms with Crippen LogP contribution in [0.15, 0.2) is 0 Å². The Morgan fingerprint density at radius 2 is 1.93 bits per heavy atom. The van der Waals surface area contributed by atoms with Crippen LogP contribution in [0.5, 0.6) is 0 Å². The lowest BCUT2D eigenvalue weighted by Gasteiger charge is -2.21. The Bertz CT molecular complexity index is 208. The zero-order valence-corrected chi connectivity index (χ0v) is 9.41. The Hall–Kier alpha value is -1.30. The summed E-state index contributed by atoms with van der Waals surface area (Å²) in [7, 11) is 4.42. The van der Waals surface area contributed by atoms with Gasteiger partial charge < -0.3 is 19.7 Å². The molecule has 0 bridgehead atoms. The van der Waals surface area contributed by atoms with Gasteiger partial charge in [-0.15, -0.1) is 0 Å². The van der Waals surface area contributed by atoms with Gasteiger partial charge in [-0.1, -0.05) is 0 Å². The van der Waals surface area contributed by atoms with Crippen molar-refractivity contribution >= 4 is 12.0 Å². The van der Waals surface area contributed by atoms with Crippen LogP contribution in [0, 0.1) is 0 Å². The first-order chi connectivity index (χ1) is 7.15. The number of rotatable bonds is 6. The zero-order chi connectivity index (χ0) is 11.7. The van der Waals surface area contributed by atoms with Gasteiger partial charge in [0.15, 0.2) is 0 Å². The topological polar surface area (TPSA) is 67.9 Å². The van der Waals surface area contributed by atoms with Gasteiger partial charge >= 0.3 is 12.0 Å². The predicted molar refractivity (Wildman–Crippen MR) is 54.5 cm³/mol. The van der Waals surface area contributed by atoms with E-state index in [1.54, 1.807) is 14.2 Å². The third-order valence-corrected chi connectivity index (χ3v) is 1.88. The van der Waals surface area contributed by atoms with Crippen LogP contribution >= 0.6 is 0 Å². The van der Waals surface area contributed by atoms with Crippen LogP contribution in [-0.2, 0) is 14.3 Å². The molecule has 0 aliphatic rings. The van der Waals surface area contributed by atoms with E-state index in [-0.39, 0.29) is 18.4 Å². The minimum absolute atomic E-state index is 0.188. The summed E-state index contributed by atoms with van der Waals surface area (Å²) >= 11 is 0. The summed E-state index contributed by atoms with van der Waals surface area (Å²) in [6.07, 6.45) is 0.188. The van der Waals surface area contributed by atoms with Crippen molar-refractivity contribution in [1.82, 2.24) is 10.2 Å². The fourth-order valence-corrected chi connectivity index (χ4v) is 1.00. The molecule has 0 aliphatic heterocycles. The lowest BCUT2D eigenvalue weighted by Crippen LogP contribution is -2.41. The van der Waals surface area contributed by atoms with E-state index in [0.29, 0.717) is 19.7 Å². The molecule has 0 atom stereocenters. The fraction of sp³-hybridized carbons (Fsp3) is 0.778. The van der Waals surface area contributed by atoms with E-state index in [2.05, 4.69) is 10.1 Å². The van der Waals surface area contributed by atoms with Crippen LogP contribution in [0.1, 0.15) is 6.42 Å². The fourth-order valence-electron chi connectivity index (χ4n) is 1.00. The first-order valence-electron chi connectivity index (χ1n) is 4.68. The Balaban J connectivity index is 4.00. The van der Waals surface area contributed by atoms with Crippen molar-refractivity contribution in [2.45, 2.75) is 6.42 Å². The normalized spacial score (nSPS) is 9.53. The molecule has 0 aromatic carbocycles. The van der Waals surface area contributed by atoms with Crippen molar-refractivity contribution in [1.29, 1.82) is 0 Å². The molecular weight excluding hydrogens is 200 g/mol. The second-order valence-corrected chi connectivity index (χ2v) is 2.86. The molecule has 0 rings (SSSR count). The Morgan fingerprint density at radius 3 is 2.40 bits per heavy atom. The van der Waals surface area contributed by atoms with Crippen LogP contribution in [0.2, 0.25) is 0 Å². The molecule has 0 unspecified atom stereocenters. The number of hydrogen-bond acceptors (Lipinski definition) is 4. The second-order valence-electron chi connectivity index (χ2n) is 2.86. The monoisotopic (exact) mass is 218 g/mol. The summed E-state index contributed by atoms with van der Waals surface area (Å²) < 4.78 is 9.35. The van der Waals surface area contributed by atoms with Gasteiger partial charge in [-0.2, -0.15) is 0 Å². The van der Waals surface area contributed by atoms with Gasteiger partial charge in [0.1, 0.15) is 0 Å². The molecule has 0 aromatic heterocycles. The molecular formula is C9H18N2O4. The number of carbonyl (C=O) groups excluding carboxylic acids is 2. The van der Waals surface area contributed by atoms with Crippen LogP contribution in [0.4, 0.5) is 4.79 Å². The van der Waals surface area contributed by atoms with E-state index < -0.39 is 0 Å². The van der Waals surface area contributed by atoms with E-state index in [0.717, 1.165) is 0 Å². The van der Waals surface area contributed by atoms with E-state index in [1.165, 1.54) is 12.0 Å². The van der Waals surface area contributed by atoms with Crippen LogP contribution in [0.3, 0.4) is 0 Å². The predicted octanol–water partition coefficient (Wildman–Crippen LogP) is -0.163. The van der Waals surface area contributed by atoms with Crippen LogP contribution in [-0.4, -0.2) is 57.9 Å². The first-order valence-corrected chi connectivity index (χ1v) is 4.68. The van der Waals surface area contributed by atoms with E-state index in [1.807, 2.05) is 0 Å². The van der Waals surface area contributed by atoms with Crippen molar-refractivity contribution in [3.63, 3.8) is 0 Å². The quantitative estimate of drug-likeness (QED) is 0.629. The summed E-state index contributed by atoms with van der Waals surface area (Å²) in [6.45, 7) is 1.22. The number of methoxy groups -OCH3 is 2. The molecule has 0 radical (unpaired) electrons. The van der Waals surface area contributed by atoms with Crippen LogP contribution < -0.4 is 5.32 Å². The maximum Gasteiger partial charge on any atom is 0.317 e. The SMILES string of the molecule is CNC(=O)N(CCOC)CCC(=O)OC. The van der Waals surface area contributed by atoms with Crippen LogP contribution in [0.25, 0.3) is 0 Å². The molecule has 1 N–H and O–H groups in total. The average molecular weight is 218 g/mol. The zero-order valence-electron chi connectivity index (χ0n) is 9.41. The summed E-state index contributed by atoms with van der Waals surface area (Å²) in [5.74, 6) is -0.332. The van der Waals surface area contributed by atoms with Crippen molar-refractivity contribution in [3.8, 4) is 0 Å². The summed E-state index contributed by atoms with van der Waals surface area (Å²) in [5.41, 5.74) is 0. The van der Waals surface area contributed by atoms with E-state index in [9.17, 15) is 9.59 Å². The number of nitrogens with zero attached hydrogens (tertiary/aromatic N) is 1. The number of hydrogen-bond donors (Lipinski definition) is 1. The number of amides is 2. The molecule has 6 nitrogen and oxygen atoms in total. The second kappa shape index (κ2) is 8.05. The number of urea groups is 1. The Morgan fingerprint density at radius 1 is 1.27 bits per heavy atom. The third kappa shape index (κ3) is 5.90. The molecule has 15 heavy (non-hydrogen) atoms. The smallest absolute Gasteiger partial charge is 0.317 e. The van der Waals surface area contributed by atoms with Crippen molar-refractivity contribution in [2.24, 2.45) is 0 Å². The highest BCUT2D eigenvalue weighted by Gasteiger charge is 2.12. The number of carbonyl (C=O) groups is 2. The molecule has 0 fully saturated rings. The highest BCUT2D eigenvalue weighted by molar-refractivity contribution is 5.75. The summed E-state index contributed by atoms with van der Waals surface area (Å²) in [6, 6.07) is -0.226. The Labute approximate surface area is 89.5 Å².